The first-order valence-electron chi connectivity index (χ1n) is 8.34. The second-order valence-electron chi connectivity index (χ2n) is 6.25. The van der Waals surface area contributed by atoms with Gasteiger partial charge in [-0.05, 0) is 36.8 Å². The van der Waals surface area contributed by atoms with E-state index in [1.807, 2.05) is 57.4 Å². The Balaban J connectivity index is 1.65. The molecule has 0 amide bonds. The molecule has 6 nitrogen and oxygen atoms in total. The zero-order chi connectivity index (χ0) is 18.1. The lowest BCUT2D eigenvalue weighted by molar-refractivity contribution is 0.667. The van der Waals surface area contributed by atoms with Gasteiger partial charge < -0.3 is 9.32 Å². The van der Waals surface area contributed by atoms with Crippen molar-refractivity contribution in [3.05, 3.63) is 60.4 Å². The molecule has 2 aromatic heterocycles. The molecule has 1 N–H and O–H groups in total. The van der Waals surface area contributed by atoms with Gasteiger partial charge in [-0.25, -0.2) is 9.97 Å². The second kappa shape index (κ2) is 6.48. The number of nitrogens with zero attached hydrogens (tertiary/aromatic N) is 4. The van der Waals surface area contributed by atoms with E-state index in [1.54, 1.807) is 0 Å². The van der Waals surface area contributed by atoms with Gasteiger partial charge in [-0.15, -0.1) is 0 Å². The second-order valence-corrected chi connectivity index (χ2v) is 6.25. The summed E-state index contributed by atoms with van der Waals surface area (Å²) < 4.78 is 5.90. The van der Waals surface area contributed by atoms with Crippen LogP contribution in [0, 0.1) is 0 Å². The Hall–Kier alpha value is -3.41. The number of hydrogen-bond acceptors (Lipinski definition) is 6. The average Bonchev–Trinajstić information content (AvgIpc) is 3.05. The number of hydrazone groups is 1. The Kier molecular flexibility index (Phi) is 4.01. The summed E-state index contributed by atoms with van der Waals surface area (Å²) in [4.78, 5) is 10.7. The summed E-state index contributed by atoms with van der Waals surface area (Å²) in [6, 6.07) is 16.0. The third-order valence-corrected chi connectivity index (χ3v) is 4.29. The van der Waals surface area contributed by atoms with E-state index in [-0.39, 0.29) is 0 Å². The van der Waals surface area contributed by atoms with Crippen LogP contribution in [0.2, 0.25) is 0 Å². The Morgan fingerprint density at radius 3 is 2.58 bits per heavy atom. The van der Waals surface area contributed by atoms with Crippen LogP contribution >= 0.6 is 0 Å². The largest absolute Gasteiger partial charge is 0.450 e. The first-order valence-corrected chi connectivity index (χ1v) is 8.34. The van der Waals surface area contributed by atoms with Gasteiger partial charge in [-0.1, -0.05) is 24.3 Å². The van der Waals surface area contributed by atoms with Crippen molar-refractivity contribution < 1.29 is 4.42 Å². The molecule has 0 saturated carbocycles. The summed E-state index contributed by atoms with van der Waals surface area (Å²) in [5.74, 6) is 0.551. The third kappa shape index (κ3) is 2.86. The molecule has 0 radical (unpaired) electrons. The normalized spacial score (nSPS) is 11.9. The maximum Gasteiger partial charge on any atom is 0.197 e. The SMILES string of the molecule is C/C(=N/Nc1ncnc2c1oc1ccccc12)c1ccc(N(C)C)cc1. The molecule has 0 saturated heterocycles. The summed E-state index contributed by atoms with van der Waals surface area (Å²) in [5, 5.41) is 5.43. The van der Waals surface area contributed by atoms with Gasteiger partial charge in [0.2, 0.25) is 0 Å². The van der Waals surface area contributed by atoms with E-state index in [0.29, 0.717) is 11.4 Å². The highest BCUT2D eigenvalue weighted by Crippen LogP contribution is 2.30. The third-order valence-electron chi connectivity index (χ3n) is 4.29. The van der Waals surface area contributed by atoms with E-state index in [4.69, 9.17) is 4.42 Å². The van der Waals surface area contributed by atoms with Gasteiger partial charge >= 0.3 is 0 Å². The summed E-state index contributed by atoms with van der Waals surface area (Å²) in [5.41, 5.74) is 8.23. The molecular formula is C20H19N5O. The van der Waals surface area contributed by atoms with Crippen LogP contribution in [0.25, 0.3) is 22.1 Å². The van der Waals surface area contributed by atoms with Gasteiger partial charge in [0.25, 0.3) is 0 Å². The van der Waals surface area contributed by atoms with Crippen molar-refractivity contribution in [3.8, 4) is 0 Å². The quantitative estimate of drug-likeness (QED) is 0.442. The van der Waals surface area contributed by atoms with E-state index in [1.165, 1.54) is 6.33 Å². The van der Waals surface area contributed by atoms with Crippen LogP contribution in [0.4, 0.5) is 11.5 Å². The molecule has 4 rings (SSSR count). The Morgan fingerprint density at radius 1 is 1.04 bits per heavy atom. The minimum absolute atomic E-state index is 0.551. The van der Waals surface area contributed by atoms with E-state index in [2.05, 4.69) is 37.5 Å². The molecule has 0 spiro atoms. The van der Waals surface area contributed by atoms with Gasteiger partial charge in [0, 0.05) is 25.2 Å². The molecule has 0 bridgehead atoms. The molecule has 0 atom stereocenters. The van der Waals surface area contributed by atoms with E-state index in [9.17, 15) is 0 Å². The van der Waals surface area contributed by atoms with Crippen molar-refractivity contribution in [1.82, 2.24) is 9.97 Å². The summed E-state index contributed by atoms with van der Waals surface area (Å²) in [7, 11) is 4.04. The van der Waals surface area contributed by atoms with Crippen LogP contribution in [0.3, 0.4) is 0 Å². The van der Waals surface area contributed by atoms with Crippen LogP contribution in [-0.2, 0) is 0 Å². The predicted octanol–water partition coefficient (Wildman–Crippen LogP) is 4.28. The van der Waals surface area contributed by atoms with Gasteiger partial charge in [-0.2, -0.15) is 5.10 Å². The zero-order valence-electron chi connectivity index (χ0n) is 14.9. The fraction of sp³-hybridized carbons (Fsp3) is 0.150. The number of rotatable bonds is 4. The number of anilines is 2. The van der Waals surface area contributed by atoms with Crippen molar-refractivity contribution in [1.29, 1.82) is 0 Å². The lowest BCUT2D eigenvalue weighted by Crippen LogP contribution is -2.08. The number of fused-ring (bicyclic) bond motifs is 3. The van der Waals surface area contributed by atoms with Crippen molar-refractivity contribution in [2.75, 3.05) is 24.4 Å². The molecule has 0 fully saturated rings. The number of aromatic nitrogens is 2. The van der Waals surface area contributed by atoms with E-state index in [0.717, 1.165) is 33.4 Å². The van der Waals surface area contributed by atoms with Gasteiger partial charge in [0.15, 0.2) is 11.4 Å². The minimum Gasteiger partial charge on any atom is -0.450 e. The molecule has 130 valence electrons. The highest BCUT2D eigenvalue weighted by atomic mass is 16.3. The molecule has 0 unspecified atom stereocenters. The number of benzene rings is 2. The van der Waals surface area contributed by atoms with Crippen LogP contribution in [0.5, 0.6) is 0 Å². The molecule has 2 aromatic carbocycles. The van der Waals surface area contributed by atoms with E-state index < -0.39 is 0 Å². The Labute approximate surface area is 151 Å². The summed E-state index contributed by atoms with van der Waals surface area (Å²) in [6.45, 7) is 1.95. The predicted molar refractivity (Wildman–Crippen MR) is 106 cm³/mol. The van der Waals surface area contributed by atoms with E-state index >= 15 is 0 Å². The van der Waals surface area contributed by atoms with Crippen molar-refractivity contribution in [2.24, 2.45) is 5.10 Å². The molecule has 4 aromatic rings. The van der Waals surface area contributed by atoms with Crippen LogP contribution < -0.4 is 10.3 Å². The lowest BCUT2D eigenvalue weighted by atomic mass is 10.1. The molecule has 0 aliphatic heterocycles. The standard InChI is InChI=1S/C20H19N5O/c1-13(14-8-10-15(11-9-14)25(2)3)23-24-20-19-18(21-12-22-20)16-6-4-5-7-17(16)26-19/h4-12H,1-3H3,(H,21,22,24)/b23-13-. The molecule has 6 heteroatoms. The highest BCUT2D eigenvalue weighted by Gasteiger charge is 2.12. The highest BCUT2D eigenvalue weighted by molar-refractivity contribution is 6.05. The molecule has 26 heavy (non-hydrogen) atoms. The minimum atomic E-state index is 0.551. The fourth-order valence-corrected chi connectivity index (χ4v) is 2.81. The average molecular weight is 345 g/mol. The number of furan rings is 1. The number of nitrogens with one attached hydrogen (secondary N) is 1. The van der Waals surface area contributed by atoms with Gasteiger partial charge in [0.05, 0.1) is 5.71 Å². The number of para-hydroxylation sites is 1. The molecule has 2 heterocycles. The Bertz CT molecular complexity index is 1100. The molecule has 0 aliphatic carbocycles. The maximum atomic E-state index is 5.90. The van der Waals surface area contributed by atoms with Crippen molar-refractivity contribution in [2.45, 2.75) is 6.92 Å². The topological polar surface area (TPSA) is 66.5 Å². The zero-order valence-corrected chi connectivity index (χ0v) is 14.9. The maximum absolute atomic E-state index is 5.90. The van der Waals surface area contributed by atoms with Crippen LogP contribution in [0.1, 0.15) is 12.5 Å². The lowest BCUT2D eigenvalue weighted by Gasteiger charge is -2.12. The van der Waals surface area contributed by atoms with Crippen molar-refractivity contribution in [3.63, 3.8) is 0 Å². The van der Waals surface area contributed by atoms with Crippen molar-refractivity contribution >= 4 is 39.3 Å². The summed E-state index contributed by atoms with van der Waals surface area (Å²) >= 11 is 0. The monoisotopic (exact) mass is 345 g/mol. The van der Waals surface area contributed by atoms with Gasteiger partial charge in [0.1, 0.15) is 17.4 Å². The van der Waals surface area contributed by atoms with Crippen LogP contribution in [0.15, 0.2) is 64.4 Å². The summed E-state index contributed by atoms with van der Waals surface area (Å²) in [6.07, 6.45) is 1.52. The van der Waals surface area contributed by atoms with Crippen LogP contribution in [-0.4, -0.2) is 29.8 Å². The first-order chi connectivity index (χ1) is 12.6. The smallest absolute Gasteiger partial charge is 0.197 e. The Morgan fingerprint density at radius 2 is 1.81 bits per heavy atom. The molecular weight excluding hydrogens is 326 g/mol. The van der Waals surface area contributed by atoms with Gasteiger partial charge in [-0.3, -0.25) is 5.43 Å². The first kappa shape index (κ1) is 16.1. The fourth-order valence-electron chi connectivity index (χ4n) is 2.81. The number of hydrogen-bond donors (Lipinski definition) is 1. The molecule has 0 aliphatic rings.